The van der Waals surface area contributed by atoms with Crippen LogP contribution in [0.2, 0.25) is 0 Å². The summed E-state index contributed by atoms with van der Waals surface area (Å²) in [6, 6.07) is 7.11. The zero-order valence-corrected chi connectivity index (χ0v) is 11.9. The first kappa shape index (κ1) is 14.3. The number of nitrogen functional groups attached to an aromatic ring is 1. The molecule has 0 spiro atoms. The Morgan fingerprint density at radius 2 is 2.15 bits per heavy atom. The predicted octanol–water partition coefficient (Wildman–Crippen LogP) is 1.85. The van der Waals surface area contributed by atoms with Gasteiger partial charge in [0.05, 0.1) is 18.0 Å². The summed E-state index contributed by atoms with van der Waals surface area (Å²) in [4.78, 5) is 15.7. The number of thiazole rings is 1. The van der Waals surface area contributed by atoms with Gasteiger partial charge < -0.3 is 15.8 Å². The van der Waals surface area contributed by atoms with Crippen LogP contribution < -0.4 is 15.8 Å². The van der Waals surface area contributed by atoms with E-state index in [9.17, 15) is 4.79 Å². The van der Waals surface area contributed by atoms with Crippen molar-refractivity contribution in [1.29, 1.82) is 0 Å². The van der Waals surface area contributed by atoms with Crippen LogP contribution >= 0.6 is 11.3 Å². The van der Waals surface area contributed by atoms with Crippen LogP contribution in [0, 0.1) is 0 Å². The van der Waals surface area contributed by atoms with E-state index in [0.29, 0.717) is 25.3 Å². The number of carbonyl (C=O) groups excluding carboxylic acids is 1. The van der Waals surface area contributed by atoms with Crippen LogP contribution in [0.4, 0.5) is 5.69 Å². The summed E-state index contributed by atoms with van der Waals surface area (Å²) in [5, 5.41) is 5.80. The SMILES string of the molecule is Nc1ccc(OCCC(=O)NCCc2nccs2)cc1. The Morgan fingerprint density at radius 1 is 1.35 bits per heavy atom. The third-order valence-electron chi connectivity index (χ3n) is 2.62. The molecule has 0 aliphatic rings. The Morgan fingerprint density at radius 3 is 2.85 bits per heavy atom. The normalized spacial score (nSPS) is 10.2. The zero-order chi connectivity index (χ0) is 14.2. The van der Waals surface area contributed by atoms with Crippen LogP contribution in [-0.2, 0) is 11.2 Å². The molecule has 1 aromatic carbocycles. The van der Waals surface area contributed by atoms with E-state index in [-0.39, 0.29) is 5.91 Å². The maximum absolute atomic E-state index is 11.6. The summed E-state index contributed by atoms with van der Waals surface area (Å²) >= 11 is 1.59. The molecule has 0 saturated heterocycles. The average Bonchev–Trinajstić information content (AvgIpc) is 2.94. The number of nitrogens with two attached hydrogens (primary N) is 1. The van der Waals surface area contributed by atoms with Gasteiger partial charge >= 0.3 is 0 Å². The summed E-state index contributed by atoms with van der Waals surface area (Å²) in [6.07, 6.45) is 2.87. The largest absolute Gasteiger partial charge is 0.493 e. The van der Waals surface area contributed by atoms with Gasteiger partial charge in [0.1, 0.15) is 5.75 Å². The number of hydrogen-bond acceptors (Lipinski definition) is 5. The van der Waals surface area contributed by atoms with Crippen molar-refractivity contribution < 1.29 is 9.53 Å². The second-order valence-electron chi connectivity index (χ2n) is 4.19. The van der Waals surface area contributed by atoms with E-state index in [1.165, 1.54) is 0 Å². The molecule has 0 aliphatic carbocycles. The van der Waals surface area contributed by atoms with Gasteiger partial charge in [0, 0.05) is 30.2 Å². The third-order valence-corrected chi connectivity index (χ3v) is 3.46. The summed E-state index contributed by atoms with van der Waals surface area (Å²) in [5.74, 6) is 0.701. The second kappa shape index (κ2) is 7.49. The van der Waals surface area contributed by atoms with Crippen molar-refractivity contribution in [3.05, 3.63) is 40.8 Å². The quantitative estimate of drug-likeness (QED) is 0.763. The molecule has 106 valence electrons. The Kier molecular flexibility index (Phi) is 5.37. The molecule has 2 aromatic rings. The molecule has 0 unspecified atom stereocenters. The first-order valence-corrected chi connectivity index (χ1v) is 7.25. The fourth-order valence-corrected chi connectivity index (χ4v) is 2.22. The van der Waals surface area contributed by atoms with Crippen molar-refractivity contribution in [2.45, 2.75) is 12.8 Å². The van der Waals surface area contributed by atoms with Crippen LogP contribution in [0.1, 0.15) is 11.4 Å². The molecule has 0 radical (unpaired) electrons. The molecule has 20 heavy (non-hydrogen) atoms. The van der Waals surface area contributed by atoms with Gasteiger partial charge in [0.15, 0.2) is 0 Å². The number of ether oxygens (including phenoxy) is 1. The minimum Gasteiger partial charge on any atom is -0.493 e. The van der Waals surface area contributed by atoms with Gasteiger partial charge in [-0.3, -0.25) is 4.79 Å². The molecule has 1 heterocycles. The average molecular weight is 291 g/mol. The molecule has 0 atom stereocenters. The number of carbonyl (C=O) groups is 1. The van der Waals surface area contributed by atoms with E-state index in [0.717, 1.165) is 17.2 Å². The number of amides is 1. The van der Waals surface area contributed by atoms with Crippen LogP contribution in [0.25, 0.3) is 0 Å². The Balaban J connectivity index is 1.59. The molecule has 6 heteroatoms. The first-order valence-electron chi connectivity index (χ1n) is 6.37. The maximum Gasteiger partial charge on any atom is 0.223 e. The number of nitrogens with one attached hydrogen (secondary N) is 1. The van der Waals surface area contributed by atoms with Gasteiger partial charge in [-0.2, -0.15) is 0 Å². The third kappa shape index (κ3) is 4.89. The van der Waals surface area contributed by atoms with Gasteiger partial charge in [-0.25, -0.2) is 4.98 Å². The number of rotatable bonds is 7. The molecule has 0 fully saturated rings. The molecule has 1 amide bonds. The number of nitrogens with zero attached hydrogens (tertiary/aromatic N) is 1. The monoisotopic (exact) mass is 291 g/mol. The predicted molar refractivity (Wildman–Crippen MR) is 79.8 cm³/mol. The highest BCUT2D eigenvalue weighted by molar-refractivity contribution is 7.09. The van der Waals surface area contributed by atoms with Crippen LogP contribution in [-0.4, -0.2) is 24.0 Å². The number of aromatic nitrogens is 1. The zero-order valence-electron chi connectivity index (χ0n) is 11.0. The number of anilines is 1. The van der Waals surface area contributed by atoms with Crippen molar-refractivity contribution in [2.24, 2.45) is 0 Å². The van der Waals surface area contributed by atoms with Crippen molar-refractivity contribution in [3.8, 4) is 5.75 Å². The Hall–Kier alpha value is -2.08. The lowest BCUT2D eigenvalue weighted by atomic mass is 10.3. The van der Waals surface area contributed by atoms with Gasteiger partial charge in [-0.15, -0.1) is 11.3 Å². The lowest BCUT2D eigenvalue weighted by molar-refractivity contribution is -0.121. The molecule has 1 aromatic heterocycles. The van der Waals surface area contributed by atoms with E-state index in [2.05, 4.69) is 10.3 Å². The lowest BCUT2D eigenvalue weighted by Crippen LogP contribution is -2.27. The fraction of sp³-hybridized carbons (Fsp3) is 0.286. The van der Waals surface area contributed by atoms with Crippen molar-refractivity contribution >= 4 is 22.9 Å². The lowest BCUT2D eigenvalue weighted by Gasteiger charge is -2.07. The van der Waals surface area contributed by atoms with Gasteiger partial charge in [-0.05, 0) is 24.3 Å². The summed E-state index contributed by atoms with van der Waals surface area (Å²) < 4.78 is 5.46. The van der Waals surface area contributed by atoms with Gasteiger partial charge in [0.25, 0.3) is 0 Å². The van der Waals surface area contributed by atoms with E-state index >= 15 is 0 Å². The molecular formula is C14H17N3O2S. The van der Waals surface area contributed by atoms with Crippen LogP contribution in [0.5, 0.6) is 5.75 Å². The molecule has 3 N–H and O–H groups in total. The van der Waals surface area contributed by atoms with E-state index < -0.39 is 0 Å². The van der Waals surface area contributed by atoms with E-state index in [4.69, 9.17) is 10.5 Å². The van der Waals surface area contributed by atoms with Crippen molar-refractivity contribution in [3.63, 3.8) is 0 Å². The smallest absolute Gasteiger partial charge is 0.223 e. The van der Waals surface area contributed by atoms with Crippen LogP contribution in [0.3, 0.4) is 0 Å². The van der Waals surface area contributed by atoms with E-state index in [1.54, 1.807) is 41.8 Å². The first-order chi connectivity index (χ1) is 9.74. The Labute approximate surface area is 121 Å². The molecular weight excluding hydrogens is 274 g/mol. The fourth-order valence-electron chi connectivity index (χ4n) is 1.60. The highest BCUT2D eigenvalue weighted by Crippen LogP contribution is 2.13. The summed E-state index contributed by atoms with van der Waals surface area (Å²) in [7, 11) is 0. The van der Waals surface area contributed by atoms with Crippen molar-refractivity contribution in [2.75, 3.05) is 18.9 Å². The maximum atomic E-state index is 11.6. The van der Waals surface area contributed by atoms with Crippen LogP contribution in [0.15, 0.2) is 35.8 Å². The Bertz CT molecular complexity index is 526. The minimum atomic E-state index is -0.0167. The number of hydrogen-bond donors (Lipinski definition) is 2. The standard InChI is InChI=1S/C14H17N3O2S/c15-11-1-3-12(4-2-11)19-9-6-13(18)16-7-5-14-17-8-10-20-14/h1-4,8,10H,5-7,9,15H2,(H,16,18). The topological polar surface area (TPSA) is 77.2 Å². The minimum absolute atomic E-state index is 0.0167. The van der Waals surface area contributed by atoms with Gasteiger partial charge in [0.2, 0.25) is 5.91 Å². The highest BCUT2D eigenvalue weighted by atomic mass is 32.1. The summed E-state index contributed by atoms with van der Waals surface area (Å²) in [5.41, 5.74) is 6.27. The molecule has 0 saturated carbocycles. The molecule has 0 aliphatic heterocycles. The highest BCUT2D eigenvalue weighted by Gasteiger charge is 2.02. The second-order valence-corrected chi connectivity index (χ2v) is 5.17. The van der Waals surface area contributed by atoms with Gasteiger partial charge in [-0.1, -0.05) is 0 Å². The van der Waals surface area contributed by atoms with Crippen molar-refractivity contribution in [1.82, 2.24) is 10.3 Å². The molecule has 5 nitrogen and oxygen atoms in total. The summed E-state index contributed by atoms with van der Waals surface area (Å²) in [6.45, 7) is 0.960. The number of benzene rings is 1. The molecule has 2 rings (SSSR count). The molecule has 0 bridgehead atoms. The van der Waals surface area contributed by atoms with E-state index in [1.807, 2.05) is 5.38 Å².